The first kappa shape index (κ1) is 19.3. The molecule has 1 atom stereocenters. The van der Waals surface area contributed by atoms with Crippen LogP contribution in [0.5, 0.6) is 0 Å². The van der Waals surface area contributed by atoms with Crippen LogP contribution >= 0.6 is 0 Å². The minimum Gasteiger partial charge on any atom is -0.311 e. The van der Waals surface area contributed by atoms with Crippen molar-refractivity contribution in [2.24, 2.45) is 7.05 Å². The third kappa shape index (κ3) is 4.81. The van der Waals surface area contributed by atoms with E-state index in [2.05, 4.69) is 76.7 Å². The smallest absolute Gasteiger partial charge is 0.0983 e. The molecule has 0 radical (unpaired) electrons. The van der Waals surface area contributed by atoms with Crippen LogP contribution in [-0.4, -0.2) is 39.3 Å². The maximum Gasteiger partial charge on any atom is 0.0983 e. The number of nitrogens with zero attached hydrogens (tertiary/aromatic N) is 4. The molecule has 3 aromatic rings. The van der Waals surface area contributed by atoms with Crippen LogP contribution in [-0.2, 0) is 13.6 Å². The summed E-state index contributed by atoms with van der Waals surface area (Å²) in [7, 11) is 1.96. The Morgan fingerprint density at radius 1 is 1.07 bits per heavy atom. The van der Waals surface area contributed by atoms with Crippen LogP contribution in [0.3, 0.4) is 0 Å². The average Bonchev–Trinajstić information content (AvgIpc) is 3.09. The minimum absolute atomic E-state index is 0.361. The number of aromatic nitrogens is 3. The molecule has 27 heavy (non-hydrogen) atoms. The Labute approximate surface area is 162 Å². The van der Waals surface area contributed by atoms with E-state index in [0.717, 1.165) is 37.4 Å². The summed E-state index contributed by atoms with van der Waals surface area (Å²) in [6.45, 7) is 8.19. The van der Waals surface area contributed by atoms with Gasteiger partial charge < -0.3 is 5.32 Å². The molecule has 142 valence electrons. The van der Waals surface area contributed by atoms with Crippen molar-refractivity contribution in [1.82, 2.24) is 25.0 Å². The highest BCUT2D eigenvalue weighted by Crippen LogP contribution is 2.22. The zero-order valence-corrected chi connectivity index (χ0v) is 16.5. The lowest BCUT2D eigenvalue weighted by molar-refractivity contribution is 0.213. The average molecular weight is 364 g/mol. The molecule has 0 fully saturated rings. The number of benzene rings is 1. The molecule has 0 aliphatic carbocycles. The second-order valence-electron chi connectivity index (χ2n) is 6.70. The van der Waals surface area contributed by atoms with Crippen LogP contribution in [0.1, 0.15) is 31.0 Å². The van der Waals surface area contributed by atoms with E-state index in [1.54, 1.807) is 6.20 Å². The molecular formula is C22H29N5. The van der Waals surface area contributed by atoms with Crippen molar-refractivity contribution in [2.75, 3.05) is 19.6 Å². The van der Waals surface area contributed by atoms with Crippen molar-refractivity contribution >= 4 is 0 Å². The van der Waals surface area contributed by atoms with E-state index >= 15 is 0 Å². The van der Waals surface area contributed by atoms with Gasteiger partial charge in [0, 0.05) is 55.9 Å². The zero-order valence-electron chi connectivity index (χ0n) is 16.5. The molecule has 1 aromatic carbocycles. The molecule has 5 heteroatoms. The lowest BCUT2D eigenvalue weighted by Crippen LogP contribution is -2.35. The summed E-state index contributed by atoms with van der Waals surface area (Å²) in [5.74, 6) is 0. The normalized spacial score (nSPS) is 12.4. The Morgan fingerprint density at radius 2 is 1.85 bits per heavy atom. The van der Waals surface area contributed by atoms with Crippen LogP contribution in [0.25, 0.3) is 11.3 Å². The van der Waals surface area contributed by atoms with Crippen LogP contribution in [0.15, 0.2) is 61.1 Å². The molecule has 0 aliphatic heterocycles. The number of hydrogen-bond acceptors (Lipinski definition) is 4. The number of pyridine rings is 1. The van der Waals surface area contributed by atoms with Gasteiger partial charge in [-0.15, -0.1) is 0 Å². The summed E-state index contributed by atoms with van der Waals surface area (Å²) in [5.41, 5.74) is 4.60. The quantitative estimate of drug-likeness (QED) is 0.630. The fraction of sp³-hybridized carbons (Fsp3) is 0.364. The van der Waals surface area contributed by atoms with Crippen LogP contribution in [0, 0.1) is 0 Å². The van der Waals surface area contributed by atoms with Gasteiger partial charge in [0.1, 0.15) is 0 Å². The summed E-state index contributed by atoms with van der Waals surface area (Å²) in [5, 5.41) is 8.29. The highest BCUT2D eigenvalue weighted by Gasteiger charge is 2.18. The maximum atomic E-state index is 4.63. The van der Waals surface area contributed by atoms with Crippen molar-refractivity contribution in [1.29, 1.82) is 0 Å². The second kappa shape index (κ2) is 9.44. The molecule has 0 saturated carbocycles. The summed E-state index contributed by atoms with van der Waals surface area (Å²) in [4.78, 5) is 6.72. The van der Waals surface area contributed by atoms with Gasteiger partial charge in [-0.3, -0.25) is 14.6 Å². The Balaban J connectivity index is 1.72. The largest absolute Gasteiger partial charge is 0.311 e. The zero-order chi connectivity index (χ0) is 19.1. The van der Waals surface area contributed by atoms with Crippen molar-refractivity contribution in [2.45, 2.75) is 26.4 Å². The summed E-state index contributed by atoms with van der Waals surface area (Å²) in [6, 6.07) is 15.1. The highest BCUT2D eigenvalue weighted by atomic mass is 15.3. The van der Waals surface area contributed by atoms with E-state index in [1.165, 1.54) is 11.1 Å². The van der Waals surface area contributed by atoms with Crippen molar-refractivity contribution in [3.05, 3.63) is 72.2 Å². The van der Waals surface area contributed by atoms with Crippen LogP contribution in [0.4, 0.5) is 0 Å². The topological polar surface area (TPSA) is 46.0 Å². The van der Waals surface area contributed by atoms with Crippen molar-refractivity contribution < 1.29 is 0 Å². The number of aryl methyl sites for hydroxylation is 1. The van der Waals surface area contributed by atoms with Gasteiger partial charge in [0.2, 0.25) is 0 Å². The Bertz CT molecular complexity index is 809. The molecule has 0 amide bonds. The molecule has 3 rings (SSSR count). The second-order valence-corrected chi connectivity index (χ2v) is 6.70. The molecule has 1 N–H and O–H groups in total. The first-order chi connectivity index (χ1) is 13.2. The lowest BCUT2D eigenvalue weighted by atomic mass is 10.0. The van der Waals surface area contributed by atoms with E-state index in [4.69, 9.17) is 0 Å². The summed E-state index contributed by atoms with van der Waals surface area (Å²) >= 11 is 0. The predicted octanol–water partition coefficient (Wildman–Crippen LogP) is 3.65. The van der Waals surface area contributed by atoms with E-state index in [-0.39, 0.29) is 0 Å². The lowest BCUT2D eigenvalue weighted by Gasteiger charge is -2.30. The van der Waals surface area contributed by atoms with Gasteiger partial charge in [0.15, 0.2) is 0 Å². The number of hydrogen-bond donors (Lipinski definition) is 1. The van der Waals surface area contributed by atoms with Crippen molar-refractivity contribution in [3.63, 3.8) is 0 Å². The van der Waals surface area contributed by atoms with E-state index < -0.39 is 0 Å². The van der Waals surface area contributed by atoms with E-state index in [1.807, 2.05) is 24.0 Å². The molecule has 0 aliphatic rings. The Hall–Kier alpha value is -2.50. The first-order valence-electron chi connectivity index (χ1n) is 9.65. The van der Waals surface area contributed by atoms with Gasteiger partial charge in [-0.2, -0.15) is 5.10 Å². The van der Waals surface area contributed by atoms with Gasteiger partial charge in [0.05, 0.1) is 5.69 Å². The minimum atomic E-state index is 0.361. The monoisotopic (exact) mass is 363 g/mol. The van der Waals surface area contributed by atoms with Crippen molar-refractivity contribution in [3.8, 4) is 11.3 Å². The third-order valence-electron chi connectivity index (χ3n) is 4.93. The van der Waals surface area contributed by atoms with Gasteiger partial charge in [-0.25, -0.2) is 0 Å². The standard InChI is InChI=1S/C22H29N5/c1-4-27(5-2)21(18-10-7-6-8-11-18)16-24-15-20-17-26(3)25-22(20)19-12-9-13-23-14-19/h6-14,17,21,24H,4-5,15-16H2,1-3H3. The highest BCUT2D eigenvalue weighted by molar-refractivity contribution is 5.61. The van der Waals surface area contributed by atoms with Crippen LogP contribution < -0.4 is 5.32 Å². The molecule has 5 nitrogen and oxygen atoms in total. The van der Waals surface area contributed by atoms with Gasteiger partial charge in [-0.1, -0.05) is 44.2 Å². The fourth-order valence-electron chi connectivity index (χ4n) is 3.55. The SMILES string of the molecule is CCN(CC)C(CNCc1cn(C)nc1-c1cccnc1)c1ccccc1. The van der Waals surface area contributed by atoms with Gasteiger partial charge >= 0.3 is 0 Å². The van der Waals surface area contributed by atoms with Gasteiger partial charge in [0.25, 0.3) is 0 Å². The summed E-state index contributed by atoms with van der Waals surface area (Å²) in [6.07, 6.45) is 5.75. The van der Waals surface area contributed by atoms with E-state index in [9.17, 15) is 0 Å². The predicted molar refractivity (Wildman–Crippen MR) is 110 cm³/mol. The Morgan fingerprint density at radius 3 is 2.52 bits per heavy atom. The molecule has 0 spiro atoms. The number of likely N-dealkylation sites (N-methyl/N-ethyl adjacent to an activating group) is 1. The number of rotatable bonds is 9. The fourth-order valence-corrected chi connectivity index (χ4v) is 3.55. The first-order valence-corrected chi connectivity index (χ1v) is 9.65. The third-order valence-corrected chi connectivity index (χ3v) is 4.93. The molecule has 1 unspecified atom stereocenters. The molecule has 2 aromatic heterocycles. The van der Waals surface area contributed by atoms with Crippen LogP contribution in [0.2, 0.25) is 0 Å². The van der Waals surface area contributed by atoms with Gasteiger partial charge in [-0.05, 0) is 30.8 Å². The Kier molecular flexibility index (Phi) is 6.74. The molecule has 0 saturated heterocycles. The summed E-state index contributed by atoms with van der Waals surface area (Å²) < 4.78 is 1.87. The molecule has 0 bridgehead atoms. The maximum absolute atomic E-state index is 4.63. The number of nitrogens with one attached hydrogen (secondary N) is 1. The van der Waals surface area contributed by atoms with E-state index in [0.29, 0.717) is 6.04 Å². The molecule has 2 heterocycles. The molecular weight excluding hydrogens is 334 g/mol.